The maximum atomic E-state index is 12.4. The minimum absolute atomic E-state index is 0.00740. The Morgan fingerprint density at radius 2 is 1.84 bits per heavy atom. The van der Waals surface area contributed by atoms with Crippen LogP contribution < -0.4 is 0 Å². The molecule has 1 atom stereocenters. The Kier molecular flexibility index (Phi) is 7.25. The summed E-state index contributed by atoms with van der Waals surface area (Å²) in [6, 6.07) is 9.93. The average molecular weight is 347 g/mol. The van der Waals surface area contributed by atoms with Crippen LogP contribution in [-0.2, 0) is 16.0 Å². The van der Waals surface area contributed by atoms with Gasteiger partial charge in [-0.2, -0.15) is 0 Å². The molecule has 1 heterocycles. The zero-order valence-corrected chi connectivity index (χ0v) is 15.5. The largest absolute Gasteiger partial charge is 0.445 e. The Bertz CT molecular complexity index is 562. The van der Waals surface area contributed by atoms with Crippen molar-refractivity contribution in [3.8, 4) is 0 Å². The second kappa shape index (κ2) is 9.42. The van der Waals surface area contributed by atoms with Crippen LogP contribution in [0.25, 0.3) is 0 Å². The molecule has 1 aromatic carbocycles. The minimum Gasteiger partial charge on any atom is -0.445 e. The zero-order valence-electron chi connectivity index (χ0n) is 15.5. The fraction of sp³-hybridized carbons (Fsp3) is 0.579. The van der Waals surface area contributed by atoms with Crippen molar-refractivity contribution < 1.29 is 14.3 Å². The molecule has 1 aliphatic rings. The molecule has 138 valence electrons. The third-order valence-corrected chi connectivity index (χ3v) is 4.19. The van der Waals surface area contributed by atoms with Gasteiger partial charge in [0, 0.05) is 25.9 Å². The number of nitrogens with zero attached hydrogens (tertiary/aromatic N) is 3. The normalized spacial score (nSPS) is 15.5. The van der Waals surface area contributed by atoms with E-state index in [4.69, 9.17) is 4.74 Å². The predicted octanol–water partition coefficient (Wildman–Crippen LogP) is 2.55. The van der Waals surface area contributed by atoms with E-state index in [9.17, 15) is 9.59 Å². The van der Waals surface area contributed by atoms with Crippen molar-refractivity contribution in [3.63, 3.8) is 0 Å². The zero-order chi connectivity index (χ0) is 18.2. The smallest absolute Gasteiger partial charge is 0.429 e. The number of benzene rings is 1. The summed E-state index contributed by atoms with van der Waals surface area (Å²) in [6.07, 6.45) is 2.03. The van der Waals surface area contributed by atoms with Crippen molar-refractivity contribution in [1.82, 2.24) is 14.9 Å². The first-order valence-electron chi connectivity index (χ1n) is 8.94. The van der Waals surface area contributed by atoms with E-state index >= 15 is 0 Å². The van der Waals surface area contributed by atoms with Crippen molar-refractivity contribution in [2.24, 2.45) is 0 Å². The molecule has 2 amide bonds. The lowest BCUT2D eigenvalue weighted by molar-refractivity contribution is -0.142. The Balaban J connectivity index is 1.83. The van der Waals surface area contributed by atoms with Crippen molar-refractivity contribution in [2.75, 3.05) is 33.7 Å². The van der Waals surface area contributed by atoms with E-state index in [2.05, 4.69) is 4.90 Å². The molecule has 0 saturated carbocycles. The van der Waals surface area contributed by atoms with Crippen molar-refractivity contribution >= 4 is 12.0 Å². The van der Waals surface area contributed by atoms with E-state index < -0.39 is 6.09 Å². The van der Waals surface area contributed by atoms with Gasteiger partial charge in [-0.3, -0.25) is 4.79 Å². The number of carbonyl (C=O) groups excluding carboxylic acids is 2. The molecule has 1 aromatic rings. The second-order valence-electron chi connectivity index (χ2n) is 6.78. The van der Waals surface area contributed by atoms with Gasteiger partial charge in [0.2, 0.25) is 5.91 Å². The Labute approximate surface area is 150 Å². The summed E-state index contributed by atoms with van der Waals surface area (Å²) in [5.41, 5.74) is 1.13. The molecule has 2 rings (SSSR count). The molecule has 0 bridgehead atoms. The summed E-state index contributed by atoms with van der Waals surface area (Å²) in [6.45, 7) is 3.86. The highest BCUT2D eigenvalue weighted by atomic mass is 16.6. The van der Waals surface area contributed by atoms with Crippen LogP contribution in [0.3, 0.4) is 0 Å². The highest BCUT2D eigenvalue weighted by molar-refractivity contribution is 5.79. The third-order valence-electron chi connectivity index (χ3n) is 4.19. The monoisotopic (exact) mass is 347 g/mol. The SMILES string of the molecule is CC(Cc1ccccc1)OC(=O)N1CCCN1C(=O)CCCN(C)C. The minimum atomic E-state index is -0.429. The fourth-order valence-electron chi connectivity index (χ4n) is 2.96. The summed E-state index contributed by atoms with van der Waals surface area (Å²) in [5.74, 6) is -0.00740. The van der Waals surface area contributed by atoms with E-state index in [1.165, 1.54) is 5.01 Å². The van der Waals surface area contributed by atoms with Crippen molar-refractivity contribution in [1.29, 1.82) is 0 Å². The predicted molar refractivity (Wildman–Crippen MR) is 96.9 cm³/mol. The molecule has 6 nitrogen and oxygen atoms in total. The number of amides is 2. The van der Waals surface area contributed by atoms with E-state index in [0.29, 0.717) is 25.9 Å². The number of carbonyl (C=O) groups is 2. The van der Waals surface area contributed by atoms with E-state index in [1.807, 2.05) is 51.4 Å². The molecule has 0 N–H and O–H groups in total. The van der Waals surface area contributed by atoms with Crippen LogP contribution in [-0.4, -0.2) is 66.8 Å². The van der Waals surface area contributed by atoms with E-state index in [1.54, 1.807) is 5.01 Å². The van der Waals surface area contributed by atoms with Crippen molar-refractivity contribution in [3.05, 3.63) is 35.9 Å². The van der Waals surface area contributed by atoms with Gasteiger partial charge in [-0.25, -0.2) is 14.8 Å². The third kappa shape index (κ3) is 6.05. The van der Waals surface area contributed by atoms with Crippen LogP contribution >= 0.6 is 0 Å². The molecule has 0 radical (unpaired) electrons. The summed E-state index contributed by atoms with van der Waals surface area (Å²) in [5, 5.41) is 3.01. The first kappa shape index (κ1) is 19.2. The molecule has 0 spiro atoms. The number of ether oxygens (including phenoxy) is 1. The maximum absolute atomic E-state index is 12.4. The topological polar surface area (TPSA) is 53.1 Å². The van der Waals surface area contributed by atoms with Gasteiger partial charge in [0.15, 0.2) is 0 Å². The number of rotatable bonds is 7. The second-order valence-corrected chi connectivity index (χ2v) is 6.78. The van der Waals surface area contributed by atoms with Crippen LogP contribution in [0, 0.1) is 0 Å². The average Bonchev–Trinajstić information content (AvgIpc) is 3.05. The van der Waals surface area contributed by atoms with Crippen molar-refractivity contribution in [2.45, 2.75) is 38.7 Å². The molecule has 6 heteroatoms. The molecule has 25 heavy (non-hydrogen) atoms. The van der Waals surface area contributed by atoms with Crippen LogP contribution in [0.4, 0.5) is 4.79 Å². The van der Waals surface area contributed by atoms with Gasteiger partial charge in [-0.05, 0) is 46.0 Å². The Hall–Kier alpha value is -2.08. The summed E-state index contributed by atoms with van der Waals surface area (Å²) >= 11 is 0. The van der Waals surface area contributed by atoms with Crippen LogP contribution in [0.5, 0.6) is 0 Å². The number of hydrazine groups is 1. The van der Waals surface area contributed by atoms with Gasteiger partial charge in [0.05, 0.1) is 0 Å². The molecule has 1 unspecified atom stereocenters. The van der Waals surface area contributed by atoms with E-state index in [0.717, 1.165) is 24.9 Å². The first-order chi connectivity index (χ1) is 12.0. The summed E-state index contributed by atoms with van der Waals surface area (Å²) < 4.78 is 5.55. The van der Waals surface area contributed by atoms with E-state index in [-0.39, 0.29) is 12.0 Å². The lowest BCUT2D eigenvalue weighted by atomic mass is 10.1. The lowest BCUT2D eigenvalue weighted by Crippen LogP contribution is -2.46. The molecule has 1 fully saturated rings. The quantitative estimate of drug-likeness (QED) is 0.761. The van der Waals surface area contributed by atoms with Gasteiger partial charge in [0.25, 0.3) is 0 Å². The van der Waals surface area contributed by atoms with Crippen LogP contribution in [0.2, 0.25) is 0 Å². The van der Waals surface area contributed by atoms with Gasteiger partial charge >= 0.3 is 6.09 Å². The molecular weight excluding hydrogens is 318 g/mol. The lowest BCUT2D eigenvalue weighted by Gasteiger charge is -2.28. The highest BCUT2D eigenvalue weighted by Gasteiger charge is 2.32. The van der Waals surface area contributed by atoms with Crippen LogP contribution in [0.15, 0.2) is 30.3 Å². The Morgan fingerprint density at radius 1 is 1.16 bits per heavy atom. The number of hydrogen-bond acceptors (Lipinski definition) is 4. The Morgan fingerprint density at radius 3 is 2.52 bits per heavy atom. The first-order valence-corrected chi connectivity index (χ1v) is 8.94. The molecule has 1 aliphatic heterocycles. The molecule has 1 saturated heterocycles. The molecular formula is C19H29N3O3. The molecule has 0 aromatic heterocycles. The summed E-state index contributed by atoms with van der Waals surface area (Å²) in [4.78, 5) is 26.9. The summed E-state index contributed by atoms with van der Waals surface area (Å²) in [7, 11) is 3.97. The standard InChI is InChI=1S/C19H29N3O3/c1-16(15-17-9-5-4-6-10-17)25-19(24)22-14-8-13-21(22)18(23)11-7-12-20(2)3/h4-6,9-10,16H,7-8,11-15H2,1-3H3. The van der Waals surface area contributed by atoms with Gasteiger partial charge < -0.3 is 9.64 Å². The van der Waals surface area contributed by atoms with Gasteiger partial charge in [-0.15, -0.1) is 0 Å². The fourth-order valence-corrected chi connectivity index (χ4v) is 2.96. The maximum Gasteiger partial charge on any atom is 0.429 e. The molecule has 0 aliphatic carbocycles. The van der Waals surface area contributed by atoms with Crippen LogP contribution in [0.1, 0.15) is 31.7 Å². The van der Waals surface area contributed by atoms with Gasteiger partial charge in [-0.1, -0.05) is 30.3 Å². The highest BCUT2D eigenvalue weighted by Crippen LogP contribution is 2.16. The number of hydrogen-bond donors (Lipinski definition) is 0. The van der Waals surface area contributed by atoms with Gasteiger partial charge in [0.1, 0.15) is 6.10 Å².